The Labute approximate surface area is 194 Å². The van der Waals surface area contributed by atoms with Crippen LogP contribution in [-0.2, 0) is 32.1 Å². The zero-order valence-corrected chi connectivity index (χ0v) is 19.2. The summed E-state index contributed by atoms with van der Waals surface area (Å²) in [4.78, 5) is 38.6. The van der Waals surface area contributed by atoms with E-state index in [1.807, 2.05) is 31.2 Å². The van der Waals surface area contributed by atoms with Crippen LogP contribution in [0.4, 0.5) is 4.79 Å². The molecule has 0 unspecified atom stereocenters. The number of carbonyl (C=O) groups excluding carboxylic acids is 3. The van der Waals surface area contributed by atoms with Gasteiger partial charge in [0, 0.05) is 0 Å². The molecular weight excluding hydrogens is 424 g/mol. The van der Waals surface area contributed by atoms with E-state index < -0.39 is 41.4 Å². The van der Waals surface area contributed by atoms with Gasteiger partial charge in [0.05, 0.1) is 19.2 Å². The molecule has 0 spiro atoms. The average Bonchev–Trinajstić information content (AvgIpc) is 2.85. The molecule has 0 bridgehead atoms. The quantitative estimate of drug-likeness (QED) is 0.350. The van der Waals surface area contributed by atoms with Gasteiger partial charge in [0.2, 0.25) is 5.60 Å². The van der Waals surface area contributed by atoms with Crippen LogP contribution in [0.1, 0.15) is 31.4 Å². The van der Waals surface area contributed by atoms with Gasteiger partial charge in [-0.3, -0.25) is 4.79 Å². The molecule has 0 aliphatic carbocycles. The van der Waals surface area contributed by atoms with E-state index in [4.69, 9.17) is 15.2 Å². The summed E-state index contributed by atoms with van der Waals surface area (Å²) in [6, 6.07) is 15.5. The largest absolute Gasteiger partial charge is 0.466 e. The van der Waals surface area contributed by atoms with Crippen molar-refractivity contribution < 1.29 is 29.0 Å². The fraction of sp³-hybridized carbons (Fsp3) is 0.400. The first-order chi connectivity index (χ1) is 15.7. The average molecular weight is 457 g/mol. The SMILES string of the molecule is CC[C@H](C)[C@H](NC(=O)OCc1ccccc1)C(=O)[C@@](O)(C(=O)OC)[C@@H](N)Cc1ccccc1. The van der Waals surface area contributed by atoms with Crippen LogP contribution >= 0.6 is 0 Å². The number of nitrogens with one attached hydrogen (secondary N) is 1. The molecule has 8 nitrogen and oxygen atoms in total. The van der Waals surface area contributed by atoms with Gasteiger partial charge in [0.15, 0.2) is 5.78 Å². The highest BCUT2D eigenvalue weighted by Crippen LogP contribution is 2.23. The molecule has 4 N–H and O–H groups in total. The normalized spacial score (nSPS) is 15.4. The molecule has 2 rings (SSSR count). The summed E-state index contributed by atoms with van der Waals surface area (Å²) < 4.78 is 9.96. The number of Topliss-reactive ketones (excluding diaryl/α,β-unsaturated/α-hetero) is 1. The first kappa shape index (κ1) is 26.0. The maximum Gasteiger partial charge on any atom is 0.408 e. The first-order valence-electron chi connectivity index (χ1n) is 10.9. The number of hydrogen-bond acceptors (Lipinski definition) is 7. The molecule has 0 saturated heterocycles. The topological polar surface area (TPSA) is 128 Å². The summed E-state index contributed by atoms with van der Waals surface area (Å²) in [5.74, 6) is -2.53. The van der Waals surface area contributed by atoms with Gasteiger partial charge in [-0.25, -0.2) is 9.59 Å². The van der Waals surface area contributed by atoms with Crippen molar-refractivity contribution in [2.24, 2.45) is 11.7 Å². The molecule has 0 aliphatic rings. The number of carbonyl (C=O) groups is 3. The molecule has 178 valence electrons. The molecule has 0 heterocycles. The number of benzene rings is 2. The monoisotopic (exact) mass is 456 g/mol. The van der Waals surface area contributed by atoms with Crippen LogP contribution in [-0.4, -0.2) is 47.7 Å². The predicted octanol–water partition coefficient (Wildman–Crippen LogP) is 2.37. The maximum atomic E-state index is 13.5. The lowest BCUT2D eigenvalue weighted by molar-refractivity contribution is -0.172. The molecule has 2 aromatic rings. The molecule has 2 aromatic carbocycles. The Hall–Kier alpha value is -3.23. The number of hydrogen-bond donors (Lipinski definition) is 3. The van der Waals surface area contributed by atoms with Gasteiger partial charge >= 0.3 is 12.1 Å². The van der Waals surface area contributed by atoms with Crippen molar-refractivity contribution in [3.8, 4) is 0 Å². The summed E-state index contributed by atoms with van der Waals surface area (Å²) in [5, 5.41) is 13.8. The summed E-state index contributed by atoms with van der Waals surface area (Å²) >= 11 is 0. The van der Waals surface area contributed by atoms with Gasteiger partial charge < -0.3 is 25.6 Å². The maximum absolute atomic E-state index is 13.5. The van der Waals surface area contributed by atoms with Crippen molar-refractivity contribution in [1.29, 1.82) is 0 Å². The van der Waals surface area contributed by atoms with E-state index in [0.717, 1.165) is 18.2 Å². The highest BCUT2D eigenvalue weighted by Gasteiger charge is 2.53. The van der Waals surface area contributed by atoms with E-state index in [2.05, 4.69) is 5.32 Å². The number of amides is 1. The summed E-state index contributed by atoms with van der Waals surface area (Å²) in [6.45, 7) is 3.55. The molecule has 1 amide bonds. The molecule has 0 radical (unpaired) electrons. The van der Waals surface area contributed by atoms with Crippen LogP contribution in [0, 0.1) is 5.92 Å². The van der Waals surface area contributed by atoms with Crippen LogP contribution in [0.2, 0.25) is 0 Å². The van der Waals surface area contributed by atoms with Crippen molar-refractivity contribution in [1.82, 2.24) is 5.32 Å². The number of esters is 1. The predicted molar refractivity (Wildman–Crippen MR) is 123 cm³/mol. The van der Waals surface area contributed by atoms with E-state index in [0.29, 0.717) is 6.42 Å². The molecule has 8 heteroatoms. The molecule has 0 aliphatic heterocycles. The number of nitrogens with two attached hydrogens (primary N) is 1. The lowest BCUT2D eigenvalue weighted by Crippen LogP contribution is -2.66. The Morgan fingerprint density at radius 2 is 1.58 bits per heavy atom. The van der Waals surface area contributed by atoms with Gasteiger partial charge in [-0.05, 0) is 23.5 Å². The molecule has 4 atom stereocenters. The lowest BCUT2D eigenvalue weighted by atomic mass is 9.79. The van der Waals surface area contributed by atoms with E-state index in [1.54, 1.807) is 43.3 Å². The minimum absolute atomic E-state index is 0.00286. The first-order valence-corrected chi connectivity index (χ1v) is 10.9. The Kier molecular flexibility index (Phi) is 9.57. The van der Waals surface area contributed by atoms with Crippen LogP contribution in [0.3, 0.4) is 0 Å². The molecule has 0 fully saturated rings. The van der Waals surface area contributed by atoms with Gasteiger partial charge in [0.1, 0.15) is 6.61 Å². The third-order valence-corrected chi connectivity index (χ3v) is 5.69. The number of alkyl carbamates (subject to hydrolysis) is 1. The zero-order chi connectivity index (χ0) is 24.4. The van der Waals surface area contributed by atoms with Crippen molar-refractivity contribution in [2.75, 3.05) is 7.11 Å². The van der Waals surface area contributed by atoms with Gasteiger partial charge in [-0.1, -0.05) is 80.9 Å². The van der Waals surface area contributed by atoms with Crippen molar-refractivity contribution in [2.45, 2.75) is 51.0 Å². The number of ether oxygens (including phenoxy) is 2. The van der Waals surface area contributed by atoms with Crippen LogP contribution in [0.15, 0.2) is 60.7 Å². The molecule has 0 aromatic heterocycles. The number of methoxy groups -OCH3 is 1. The third-order valence-electron chi connectivity index (χ3n) is 5.69. The number of ketones is 1. The van der Waals surface area contributed by atoms with Gasteiger partial charge in [-0.15, -0.1) is 0 Å². The Morgan fingerprint density at radius 1 is 1.03 bits per heavy atom. The Bertz CT molecular complexity index is 921. The fourth-order valence-corrected chi connectivity index (χ4v) is 3.44. The molecule has 33 heavy (non-hydrogen) atoms. The Balaban J connectivity index is 2.24. The smallest absolute Gasteiger partial charge is 0.408 e. The highest BCUT2D eigenvalue weighted by molar-refractivity contribution is 6.11. The minimum Gasteiger partial charge on any atom is -0.466 e. The van der Waals surface area contributed by atoms with Crippen molar-refractivity contribution >= 4 is 17.8 Å². The third kappa shape index (κ3) is 6.63. The summed E-state index contributed by atoms with van der Waals surface area (Å²) in [6.07, 6.45) is -0.314. The van der Waals surface area contributed by atoms with E-state index in [-0.39, 0.29) is 13.0 Å². The van der Waals surface area contributed by atoms with Crippen molar-refractivity contribution in [3.63, 3.8) is 0 Å². The van der Waals surface area contributed by atoms with E-state index in [9.17, 15) is 19.5 Å². The minimum atomic E-state index is -2.66. The second kappa shape index (κ2) is 12.1. The lowest BCUT2D eigenvalue weighted by Gasteiger charge is -2.34. The number of aliphatic hydroxyl groups is 1. The molecular formula is C25H32N2O6. The van der Waals surface area contributed by atoms with E-state index in [1.165, 1.54) is 0 Å². The van der Waals surface area contributed by atoms with E-state index >= 15 is 0 Å². The Morgan fingerprint density at radius 3 is 2.09 bits per heavy atom. The second-order valence-corrected chi connectivity index (χ2v) is 7.99. The second-order valence-electron chi connectivity index (χ2n) is 7.99. The summed E-state index contributed by atoms with van der Waals surface area (Å²) in [5.41, 5.74) is 5.03. The fourth-order valence-electron chi connectivity index (χ4n) is 3.44. The van der Waals surface area contributed by atoms with Gasteiger partial charge in [0.25, 0.3) is 0 Å². The summed E-state index contributed by atoms with van der Waals surface area (Å²) in [7, 11) is 1.07. The van der Waals surface area contributed by atoms with Crippen LogP contribution in [0.25, 0.3) is 0 Å². The molecule has 0 saturated carbocycles. The zero-order valence-electron chi connectivity index (χ0n) is 19.2. The van der Waals surface area contributed by atoms with Gasteiger partial charge in [-0.2, -0.15) is 0 Å². The number of rotatable bonds is 11. The van der Waals surface area contributed by atoms with Crippen LogP contribution < -0.4 is 11.1 Å². The van der Waals surface area contributed by atoms with Crippen molar-refractivity contribution in [3.05, 3.63) is 71.8 Å². The van der Waals surface area contributed by atoms with Crippen LogP contribution in [0.5, 0.6) is 0 Å². The highest BCUT2D eigenvalue weighted by atomic mass is 16.6. The standard InChI is InChI=1S/C25H32N2O6/c1-4-17(2)21(27-24(30)33-16-19-13-9-6-10-14-19)22(28)25(31,23(29)32-3)20(26)15-18-11-7-5-8-12-18/h5-14,17,20-21,31H,4,15-16,26H2,1-3H3,(H,27,30)/t17-,20-,21-,25+/m0/s1.